The van der Waals surface area contributed by atoms with Crippen LogP contribution >= 0.6 is 0 Å². The Morgan fingerprint density at radius 1 is 1.05 bits per heavy atom. The van der Waals surface area contributed by atoms with Crippen LogP contribution in [0.4, 0.5) is 8.78 Å². The first-order valence-electron chi connectivity index (χ1n) is 6.67. The first kappa shape index (κ1) is 13.6. The molecule has 1 aromatic heterocycles. The summed E-state index contributed by atoms with van der Waals surface area (Å²) in [7, 11) is 0. The zero-order chi connectivity index (χ0) is 14.8. The van der Waals surface area contributed by atoms with Gasteiger partial charge in [0.1, 0.15) is 11.6 Å². The van der Waals surface area contributed by atoms with E-state index in [0.717, 1.165) is 22.5 Å². The Bertz CT molecular complexity index is 787. The average molecular weight is 284 g/mol. The summed E-state index contributed by atoms with van der Waals surface area (Å²) < 4.78 is 26.6. The van der Waals surface area contributed by atoms with E-state index >= 15 is 0 Å². The van der Waals surface area contributed by atoms with Gasteiger partial charge in [0.2, 0.25) is 0 Å². The average Bonchev–Trinajstić information content (AvgIpc) is 2.49. The molecule has 0 aliphatic carbocycles. The number of benzene rings is 2. The van der Waals surface area contributed by atoms with Crippen LogP contribution in [0, 0.1) is 11.6 Å². The highest BCUT2D eigenvalue weighted by molar-refractivity contribution is 5.79. The summed E-state index contributed by atoms with van der Waals surface area (Å²) in [6.07, 6.45) is 2.05. The Kier molecular flexibility index (Phi) is 3.62. The molecule has 0 saturated carbocycles. The van der Waals surface area contributed by atoms with Crippen molar-refractivity contribution in [3.05, 3.63) is 77.5 Å². The number of rotatable bonds is 3. The van der Waals surface area contributed by atoms with Crippen LogP contribution in [0.3, 0.4) is 0 Å². The van der Waals surface area contributed by atoms with Crippen LogP contribution in [-0.2, 0) is 6.42 Å². The molecule has 1 heterocycles. The molecule has 2 nitrogen and oxygen atoms in total. The largest absolute Gasteiger partial charge is 0.324 e. The van der Waals surface area contributed by atoms with Crippen LogP contribution in [0.25, 0.3) is 10.9 Å². The molecule has 0 spiro atoms. The highest BCUT2D eigenvalue weighted by Gasteiger charge is 2.11. The third-order valence-electron chi connectivity index (χ3n) is 3.51. The molecule has 2 N–H and O–H groups in total. The number of aromatic nitrogens is 1. The van der Waals surface area contributed by atoms with E-state index in [0.29, 0.717) is 12.0 Å². The molecule has 0 bridgehead atoms. The van der Waals surface area contributed by atoms with Gasteiger partial charge in [-0.1, -0.05) is 18.2 Å². The van der Waals surface area contributed by atoms with Crippen LogP contribution in [0.2, 0.25) is 0 Å². The van der Waals surface area contributed by atoms with E-state index in [4.69, 9.17) is 5.73 Å². The van der Waals surface area contributed by atoms with Crippen molar-refractivity contribution < 1.29 is 8.78 Å². The molecule has 3 aromatic rings. The van der Waals surface area contributed by atoms with Crippen molar-refractivity contribution in [2.75, 3.05) is 0 Å². The quantitative estimate of drug-likeness (QED) is 0.795. The second-order valence-corrected chi connectivity index (χ2v) is 5.00. The van der Waals surface area contributed by atoms with E-state index in [1.807, 2.05) is 30.3 Å². The summed E-state index contributed by atoms with van der Waals surface area (Å²) in [5, 5.41) is 0.991. The topological polar surface area (TPSA) is 38.9 Å². The molecule has 0 aliphatic heterocycles. The zero-order valence-electron chi connectivity index (χ0n) is 11.3. The highest BCUT2D eigenvalue weighted by Crippen LogP contribution is 2.22. The lowest BCUT2D eigenvalue weighted by Crippen LogP contribution is -2.14. The maximum absolute atomic E-state index is 13.7. The van der Waals surface area contributed by atoms with E-state index in [-0.39, 0.29) is 6.04 Å². The fourth-order valence-corrected chi connectivity index (χ4v) is 2.37. The second kappa shape index (κ2) is 5.58. The van der Waals surface area contributed by atoms with E-state index in [1.165, 1.54) is 12.1 Å². The monoisotopic (exact) mass is 284 g/mol. The third-order valence-corrected chi connectivity index (χ3v) is 3.51. The van der Waals surface area contributed by atoms with Crippen molar-refractivity contribution >= 4 is 10.9 Å². The maximum atomic E-state index is 13.7. The number of hydrogen-bond acceptors (Lipinski definition) is 2. The number of nitrogens with zero attached hydrogens (tertiary/aromatic N) is 1. The molecule has 0 aliphatic rings. The van der Waals surface area contributed by atoms with E-state index in [1.54, 1.807) is 6.20 Å². The summed E-state index contributed by atoms with van der Waals surface area (Å²) in [4.78, 5) is 4.25. The number of nitrogens with two attached hydrogens (primary N) is 1. The first-order valence-corrected chi connectivity index (χ1v) is 6.67. The number of pyridine rings is 1. The molecule has 0 amide bonds. The van der Waals surface area contributed by atoms with Crippen molar-refractivity contribution in [1.82, 2.24) is 4.98 Å². The van der Waals surface area contributed by atoms with Crippen molar-refractivity contribution in [3.63, 3.8) is 0 Å². The molecule has 1 atom stereocenters. The molecule has 0 saturated heterocycles. The molecule has 4 heteroatoms. The van der Waals surface area contributed by atoms with Gasteiger partial charge in [-0.05, 0) is 41.8 Å². The van der Waals surface area contributed by atoms with Gasteiger partial charge in [-0.25, -0.2) is 8.78 Å². The van der Waals surface area contributed by atoms with Gasteiger partial charge in [0.25, 0.3) is 0 Å². The van der Waals surface area contributed by atoms with Gasteiger partial charge in [0, 0.05) is 23.7 Å². The Hall–Kier alpha value is -2.33. The standard InChI is InChI=1S/C17H14F2N2/c18-14-5-3-11(15(19)10-14)9-16(20)12-4-6-17-13(8-12)2-1-7-21-17/h1-8,10,16H,9,20H2. The molecule has 1 unspecified atom stereocenters. The van der Waals surface area contributed by atoms with Crippen LogP contribution in [-0.4, -0.2) is 4.98 Å². The molecule has 21 heavy (non-hydrogen) atoms. The number of halogens is 2. The Morgan fingerprint density at radius 3 is 2.71 bits per heavy atom. The normalized spacial score (nSPS) is 12.5. The SMILES string of the molecule is NC(Cc1ccc(F)cc1F)c1ccc2ncccc2c1. The van der Waals surface area contributed by atoms with Crippen molar-refractivity contribution in [1.29, 1.82) is 0 Å². The number of fused-ring (bicyclic) bond motifs is 1. The van der Waals surface area contributed by atoms with E-state index in [2.05, 4.69) is 4.98 Å². The van der Waals surface area contributed by atoms with Gasteiger partial charge in [0.05, 0.1) is 5.52 Å². The fraction of sp³-hybridized carbons (Fsp3) is 0.118. The number of hydrogen-bond donors (Lipinski definition) is 1. The van der Waals surface area contributed by atoms with Gasteiger partial charge in [-0.2, -0.15) is 0 Å². The lowest BCUT2D eigenvalue weighted by molar-refractivity contribution is 0.563. The van der Waals surface area contributed by atoms with Gasteiger partial charge in [-0.3, -0.25) is 4.98 Å². The summed E-state index contributed by atoms with van der Waals surface area (Å²) in [6, 6.07) is 12.8. The van der Waals surface area contributed by atoms with Crippen LogP contribution in [0.1, 0.15) is 17.2 Å². The van der Waals surface area contributed by atoms with Crippen LogP contribution in [0.15, 0.2) is 54.7 Å². The van der Waals surface area contributed by atoms with Crippen LogP contribution < -0.4 is 5.73 Å². The Balaban J connectivity index is 1.87. The summed E-state index contributed by atoms with van der Waals surface area (Å²) >= 11 is 0. The van der Waals surface area contributed by atoms with Gasteiger partial charge in [0.15, 0.2) is 0 Å². The summed E-state index contributed by atoms with van der Waals surface area (Å²) in [6.45, 7) is 0. The molecule has 2 aromatic carbocycles. The predicted octanol–water partition coefficient (Wildman–Crippen LogP) is 3.76. The Morgan fingerprint density at radius 2 is 1.90 bits per heavy atom. The minimum Gasteiger partial charge on any atom is -0.324 e. The van der Waals surface area contributed by atoms with Gasteiger partial charge in [-0.15, -0.1) is 0 Å². The smallest absolute Gasteiger partial charge is 0.129 e. The first-order chi connectivity index (χ1) is 10.1. The summed E-state index contributed by atoms with van der Waals surface area (Å²) in [5.74, 6) is -1.14. The zero-order valence-corrected chi connectivity index (χ0v) is 11.3. The highest BCUT2D eigenvalue weighted by atomic mass is 19.1. The lowest BCUT2D eigenvalue weighted by Gasteiger charge is -2.13. The Labute approximate surface area is 121 Å². The minimum atomic E-state index is -0.582. The lowest BCUT2D eigenvalue weighted by atomic mass is 9.98. The van der Waals surface area contributed by atoms with Crippen molar-refractivity contribution in [3.8, 4) is 0 Å². The predicted molar refractivity (Wildman–Crippen MR) is 78.7 cm³/mol. The van der Waals surface area contributed by atoms with Crippen LogP contribution in [0.5, 0.6) is 0 Å². The summed E-state index contributed by atoms with van der Waals surface area (Å²) in [5.41, 5.74) is 8.35. The molecule has 0 fully saturated rings. The third kappa shape index (κ3) is 2.90. The molecule has 0 radical (unpaired) electrons. The molecule has 3 rings (SSSR count). The molecule has 106 valence electrons. The van der Waals surface area contributed by atoms with E-state index in [9.17, 15) is 8.78 Å². The van der Waals surface area contributed by atoms with Crippen molar-refractivity contribution in [2.24, 2.45) is 5.73 Å². The van der Waals surface area contributed by atoms with Gasteiger partial charge >= 0.3 is 0 Å². The minimum absolute atomic E-state index is 0.317. The maximum Gasteiger partial charge on any atom is 0.129 e. The second-order valence-electron chi connectivity index (χ2n) is 5.00. The van der Waals surface area contributed by atoms with Crippen molar-refractivity contribution in [2.45, 2.75) is 12.5 Å². The molecular formula is C17H14F2N2. The van der Waals surface area contributed by atoms with E-state index < -0.39 is 11.6 Å². The van der Waals surface area contributed by atoms with Gasteiger partial charge < -0.3 is 5.73 Å². The fourth-order valence-electron chi connectivity index (χ4n) is 2.37. The molecular weight excluding hydrogens is 270 g/mol.